The number of sulfone groups is 1. The summed E-state index contributed by atoms with van der Waals surface area (Å²) in [6, 6.07) is 7.80. The Labute approximate surface area is 114 Å². The number of hydrogen-bond acceptors (Lipinski definition) is 3. The van der Waals surface area contributed by atoms with Gasteiger partial charge in [0.2, 0.25) is 0 Å². The monoisotopic (exact) mass is 289 g/mol. The first-order chi connectivity index (χ1) is 8.46. The topological polar surface area (TPSA) is 46.2 Å². The smallest absolute Gasteiger partial charge is 0.150 e. The molecule has 1 aromatic rings. The summed E-state index contributed by atoms with van der Waals surface area (Å²) in [5.41, 5.74) is 1.04. The van der Waals surface area contributed by atoms with Crippen LogP contribution in [0.15, 0.2) is 24.3 Å². The van der Waals surface area contributed by atoms with Crippen molar-refractivity contribution in [3.05, 3.63) is 34.9 Å². The molecule has 0 aliphatic heterocycles. The van der Waals surface area contributed by atoms with Crippen LogP contribution < -0.4 is 5.32 Å². The lowest BCUT2D eigenvalue weighted by atomic mass is 10.1. The average Bonchev–Trinajstić information content (AvgIpc) is 2.35. The Hall–Kier alpha value is -0.580. The minimum absolute atomic E-state index is 0.128. The van der Waals surface area contributed by atoms with Crippen molar-refractivity contribution in [3.8, 4) is 0 Å². The molecular formula is C13H20ClNO2S. The summed E-state index contributed by atoms with van der Waals surface area (Å²) in [6.07, 6.45) is 0.630. The molecule has 0 saturated carbocycles. The van der Waals surface area contributed by atoms with Gasteiger partial charge in [-0.1, -0.05) is 36.7 Å². The summed E-state index contributed by atoms with van der Waals surface area (Å²) in [7, 11) is -2.86. The zero-order valence-electron chi connectivity index (χ0n) is 10.8. The predicted octanol–water partition coefficient (Wildman–Crippen LogP) is 2.82. The third-order valence-corrected chi connectivity index (χ3v) is 5.03. The van der Waals surface area contributed by atoms with E-state index in [2.05, 4.69) is 5.32 Å². The summed E-state index contributed by atoms with van der Waals surface area (Å²) in [5.74, 6) is 0.457. The molecule has 0 bridgehead atoms. The first-order valence-electron chi connectivity index (χ1n) is 6.14. The number of halogens is 1. The van der Waals surface area contributed by atoms with Crippen LogP contribution in [-0.2, 0) is 9.84 Å². The summed E-state index contributed by atoms with van der Waals surface area (Å²) >= 11 is 6.09. The van der Waals surface area contributed by atoms with Gasteiger partial charge >= 0.3 is 0 Å². The Bertz CT molecular complexity index is 474. The number of benzene rings is 1. The molecule has 0 aliphatic carbocycles. The molecule has 0 aromatic heterocycles. The molecule has 5 heteroatoms. The predicted molar refractivity (Wildman–Crippen MR) is 76.8 cm³/mol. The van der Waals surface area contributed by atoms with Crippen molar-refractivity contribution in [3.63, 3.8) is 0 Å². The highest BCUT2D eigenvalue weighted by Gasteiger charge is 2.10. The van der Waals surface area contributed by atoms with E-state index in [4.69, 9.17) is 11.6 Å². The Morgan fingerprint density at radius 3 is 2.61 bits per heavy atom. The fraction of sp³-hybridized carbons (Fsp3) is 0.538. The quantitative estimate of drug-likeness (QED) is 0.785. The van der Waals surface area contributed by atoms with Crippen molar-refractivity contribution in [2.75, 3.05) is 18.1 Å². The van der Waals surface area contributed by atoms with E-state index in [-0.39, 0.29) is 17.5 Å². The van der Waals surface area contributed by atoms with Gasteiger partial charge in [0.25, 0.3) is 0 Å². The van der Waals surface area contributed by atoms with Crippen molar-refractivity contribution >= 4 is 21.4 Å². The molecule has 3 nitrogen and oxygen atoms in total. The second kappa shape index (κ2) is 7.12. The average molecular weight is 290 g/mol. The van der Waals surface area contributed by atoms with Crippen molar-refractivity contribution < 1.29 is 8.42 Å². The molecule has 1 aromatic carbocycles. The highest BCUT2D eigenvalue weighted by molar-refractivity contribution is 7.91. The number of rotatable bonds is 7. The normalized spacial score (nSPS) is 13.5. The molecule has 1 N–H and O–H groups in total. The van der Waals surface area contributed by atoms with Gasteiger partial charge in [0.05, 0.1) is 5.75 Å². The van der Waals surface area contributed by atoms with E-state index >= 15 is 0 Å². The number of hydrogen-bond donors (Lipinski definition) is 1. The van der Waals surface area contributed by atoms with E-state index in [1.807, 2.05) is 31.2 Å². The van der Waals surface area contributed by atoms with Crippen LogP contribution in [0.1, 0.15) is 31.9 Å². The summed E-state index contributed by atoms with van der Waals surface area (Å²) in [4.78, 5) is 0. The van der Waals surface area contributed by atoms with Gasteiger partial charge in [-0.2, -0.15) is 0 Å². The van der Waals surface area contributed by atoms with Gasteiger partial charge in [0.15, 0.2) is 0 Å². The summed E-state index contributed by atoms with van der Waals surface area (Å²) < 4.78 is 22.6. The molecule has 18 heavy (non-hydrogen) atoms. The molecular weight excluding hydrogens is 270 g/mol. The Morgan fingerprint density at radius 2 is 2.00 bits per heavy atom. The Morgan fingerprint density at radius 1 is 1.33 bits per heavy atom. The van der Waals surface area contributed by atoms with E-state index in [0.717, 1.165) is 10.6 Å². The largest absolute Gasteiger partial charge is 0.310 e. The zero-order chi connectivity index (χ0) is 13.6. The SMILES string of the molecule is CCS(=O)(=O)CCCN[C@@H](C)c1ccccc1Cl. The summed E-state index contributed by atoms with van der Waals surface area (Å²) in [5, 5.41) is 4.02. The highest BCUT2D eigenvalue weighted by atomic mass is 35.5. The van der Waals surface area contributed by atoms with E-state index in [1.54, 1.807) is 6.92 Å². The first-order valence-corrected chi connectivity index (χ1v) is 8.34. The fourth-order valence-corrected chi connectivity index (χ4v) is 2.86. The standard InChI is InChI=1S/C13H20ClNO2S/c1-3-18(16,17)10-6-9-15-11(2)12-7-4-5-8-13(12)14/h4-5,7-8,11,15H,3,6,9-10H2,1-2H3/t11-/m0/s1. The van der Waals surface area contributed by atoms with Crippen molar-refractivity contribution in [1.29, 1.82) is 0 Å². The molecule has 0 amide bonds. The van der Waals surface area contributed by atoms with Gasteiger partial charge in [-0.25, -0.2) is 8.42 Å². The third kappa shape index (κ3) is 4.96. The highest BCUT2D eigenvalue weighted by Crippen LogP contribution is 2.21. The maximum atomic E-state index is 11.3. The molecule has 1 rings (SSSR count). The van der Waals surface area contributed by atoms with Crippen molar-refractivity contribution in [2.45, 2.75) is 26.3 Å². The lowest BCUT2D eigenvalue weighted by Gasteiger charge is -2.15. The second-order valence-electron chi connectivity index (χ2n) is 4.29. The van der Waals surface area contributed by atoms with Gasteiger partial charge in [-0.15, -0.1) is 0 Å². The van der Waals surface area contributed by atoms with Gasteiger partial charge in [0, 0.05) is 16.8 Å². The van der Waals surface area contributed by atoms with E-state index < -0.39 is 9.84 Å². The molecule has 0 aliphatic rings. The minimum atomic E-state index is -2.86. The Kier molecular flexibility index (Phi) is 6.12. The molecule has 0 radical (unpaired) electrons. The van der Waals surface area contributed by atoms with Gasteiger partial charge in [0.1, 0.15) is 9.84 Å². The molecule has 0 unspecified atom stereocenters. The van der Waals surface area contributed by atoms with Crippen LogP contribution in [0.2, 0.25) is 5.02 Å². The molecule has 102 valence electrons. The van der Waals surface area contributed by atoms with Gasteiger partial charge < -0.3 is 5.32 Å². The lowest BCUT2D eigenvalue weighted by molar-refractivity contribution is 0.561. The van der Waals surface area contributed by atoms with Crippen molar-refractivity contribution in [1.82, 2.24) is 5.32 Å². The van der Waals surface area contributed by atoms with Crippen molar-refractivity contribution in [2.24, 2.45) is 0 Å². The van der Waals surface area contributed by atoms with Crippen LogP contribution in [0.25, 0.3) is 0 Å². The molecule has 0 saturated heterocycles. The maximum Gasteiger partial charge on any atom is 0.150 e. The lowest BCUT2D eigenvalue weighted by Crippen LogP contribution is -2.22. The third-order valence-electron chi connectivity index (χ3n) is 2.89. The molecule has 0 spiro atoms. The van der Waals surface area contributed by atoms with E-state index in [0.29, 0.717) is 13.0 Å². The zero-order valence-corrected chi connectivity index (χ0v) is 12.4. The van der Waals surface area contributed by atoms with Crippen LogP contribution in [0.4, 0.5) is 0 Å². The van der Waals surface area contributed by atoms with E-state index in [9.17, 15) is 8.42 Å². The van der Waals surface area contributed by atoms with Gasteiger partial charge in [-0.05, 0) is 31.5 Å². The second-order valence-corrected chi connectivity index (χ2v) is 7.17. The molecule has 1 atom stereocenters. The van der Waals surface area contributed by atoms with Crippen LogP contribution >= 0.6 is 11.6 Å². The first kappa shape index (κ1) is 15.5. The van der Waals surface area contributed by atoms with Crippen LogP contribution in [0, 0.1) is 0 Å². The summed E-state index contributed by atoms with van der Waals surface area (Å²) in [6.45, 7) is 4.37. The number of nitrogens with one attached hydrogen (secondary N) is 1. The van der Waals surface area contributed by atoms with Crippen LogP contribution in [-0.4, -0.2) is 26.5 Å². The van der Waals surface area contributed by atoms with Crippen LogP contribution in [0.5, 0.6) is 0 Å². The molecule has 0 heterocycles. The van der Waals surface area contributed by atoms with Gasteiger partial charge in [-0.3, -0.25) is 0 Å². The Balaban J connectivity index is 2.39. The maximum absolute atomic E-state index is 11.3. The minimum Gasteiger partial charge on any atom is -0.310 e. The van der Waals surface area contributed by atoms with Crippen LogP contribution in [0.3, 0.4) is 0 Å². The molecule has 0 fully saturated rings. The fourth-order valence-electron chi connectivity index (χ4n) is 1.69. The van der Waals surface area contributed by atoms with E-state index in [1.165, 1.54) is 0 Å².